The van der Waals surface area contributed by atoms with E-state index in [-0.39, 0.29) is 12.1 Å². The van der Waals surface area contributed by atoms with Gasteiger partial charge in [0.15, 0.2) is 0 Å². The molecule has 0 aliphatic carbocycles. The summed E-state index contributed by atoms with van der Waals surface area (Å²) in [5, 5.41) is 0. The Labute approximate surface area is 120 Å². The first-order valence-electron chi connectivity index (χ1n) is 7.66. The second kappa shape index (κ2) is 9.39. The summed E-state index contributed by atoms with van der Waals surface area (Å²) in [5.41, 5.74) is 10.5. The van der Waals surface area contributed by atoms with Crippen molar-refractivity contribution in [2.24, 2.45) is 0 Å². The highest BCUT2D eigenvalue weighted by Crippen LogP contribution is 2.15. The van der Waals surface area contributed by atoms with Gasteiger partial charge >= 0.3 is 0 Å². The minimum atomic E-state index is 0.0798. The molecule has 0 saturated carbocycles. The van der Waals surface area contributed by atoms with Crippen LogP contribution in [0.1, 0.15) is 25.7 Å². The van der Waals surface area contributed by atoms with Crippen LogP contribution in [0.25, 0.3) is 5.53 Å². The first kappa shape index (κ1) is 15.8. The first-order chi connectivity index (χ1) is 9.88. The topological polar surface area (TPSA) is 62.2 Å². The van der Waals surface area contributed by atoms with Crippen molar-refractivity contribution in [2.45, 2.75) is 37.8 Å². The van der Waals surface area contributed by atoms with Crippen LogP contribution in [-0.2, 0) is 18.9 Å². The number of hydrogen-bond acceptors (Lipinski definition) is 4. The molecule has 0 spiro atoms. The van der Waals surface area contributed by atoms with Crippen molar-refractivity contribution >= 4 is 0 Å². The Bertz CT molecular complexity index is 242. The zero-order valence-electron chi connectivity index (χ0n) is 12.2. The Morgan fingerprint density at radius 1 is 0.550 bits per heavy atom. The van der Waals surface area contributed by atoms with Crippen LogP contribution in [0.3, 0.4) is 0 Å². The van der Waals surface area contributed by atoms with Crippen LogP contribution < -0.4 is 0 Å². The van der Waals surface area contributed by atoms with Gasteiger partial charge in [-0.2, -0.15) is 0 Å². The van der Waals surface area contributed by atoms with Gasteiger partial charge in [0, 0.05) is 25.7 Å². The maximum absolute atomic E-state index is 10.5. The van der Waals surface area contributed by atoms with Crippen molar-refractivity contribution in [1.82, 2.24) is 0 Å². The van der Waals surface area contributed by atoms with Crippen LogP contribution in [0.5, 0.6) is 0 Å². The van der Waals surface area contributed by atoms with Gasteiger partial charge in [-0.05, 0) is 0 Å². The molecular formula is C14H26N2O4. The third-order valence-corrected chi connectivity index (χ3v) is 3.87. The Kier molecular flexibility index (Phi) is 7.43. The molecule has 2 saturated heterocycles. The number of nitrogens with zero attached hydrogens (tertiary/aromatic N) is 2. The second-order valence-corrected chi connectivity index (χ2v) is 5.29. The quantitative estimate of drug-likeness (QED) is 0.632. The van der Waals surface area contributed by atoms with E-state index in [2.05, 4.69) is 0 Å². The SMILES string of the molecule is [N-]=[N+]1C2CCOCCOCCC1CCOCCOCC2. The molecule has 20 heavy (non-hydrogen) atoms. The Morgan fingerprint density at radius 2 is 0.850 bits per heavy atom. The zero-order chi connectivity index (χ0) is 14.0. The predicted molar refractivity (Wildman–Crippen MR) is 72.9 cm³/mol. The molecule has 0 amide bonds. The molecule has 0 aromatic heterocycles. The standard InChI is InChI=1S/C14H26N2O4/c15-16-13-1-5-17-9-10-19-7-3-14(16)4-8-20-12-11-18-6-2-13/h13-14H,1-12H2. The molecule has 0 unspecified atom stereocenters. The van der Waals surface area contributed by atoms with Crippen molar-refractivity contribution < 1.29 is 23.6 Å². The Hall–Kier alpha value is -0.560. The zero-order valence-corrected chi connectivity index (χ0v) is 12.2. The van der Waals surface area contributed by atoms with E-state index in [1.54, 1.807) is 0 Å². The lowest BCUT2D eigenvalue weighted by molar-refractivity contribution is -0.624. The molecule has 6 heteroatoms. The van der Waals surface area contributed by atoms with E-state index >= 15 is 0 Å². The highest BCUT2D eigenvalue weighted by atomic mass is 16.5. The molecule has 0 N–H and O–H groups in total. The lowest BCUT2D eigenvalue weighted by atomic mass is 10.1. The van der Waals surface area contributed by atoms with Crippen molar-refractivity contribution in [1.29, 1.82) is 0 Å². The highest BCUT2D eigenvalue weighted by molar-refractivity contribution is 4.64. The minimum absolute atomic E-state index is 0.0798. The van der Waals surface area contributed by atoms with E-state index in [1.807, 2.05) is 0 Å². The minimum Gasteiger partial charge on any atom is -0.506 e. The van der Waals surface area contributed by atoms with Crippen molar-refractivity contribution in [3.8, 4) is 0 Å². The predicted octanol–water partition coefficient (Wildman–Crippen LogP) is 1.41. The van der Waals surface area contributed by atoms with Crippen LogP contribution >= 0.6 is 0 Å². The summed E-state index contributed by atoms with van der Waals surface area (Å²) in [7, 11) is 0. The molecule has 2 fully saturated rings. The van der Waals surface area contributed by atoms with Crippen molar-refractivity contribution in [2.75, 3.05) is 52.9 Å². The van der Waals surface area contributed by atoms with Crippen LogP contribution in [0.4, 0.5) is 0 Å². The van der Waals surface area contributed by atoms with Gasteiger partial charge in [-0.1, -0.05) is 0 Å². The van der Waals surface area contributed by atoms with Crippen LogP contribution in [-0.4, -0.2) is 69.6 Å². The Morgan fingerprint density at radius 3 is 1.15 bits per heavy atom. The van der Waals surface area contributed by atoms with Gasteiger partial charge in [-0.15, -0.1) is 0 Å². The summed E-state index contributed by atoms with van der Waals surface area (Å²) < 4.78 is 23.6. The van der Waals surface area contributed by atoms with E-state index in [9.17, 15) is 5.53 Å². The average Bonchev–Trinajstić information content (AvgIpc) is 2.52. The summed E-state index contributed by atoms with van der Waals surface area (Å²) in [6, 6.07) is 0.160. The molecular weight excluding hydrogens is 260 g/mol. The molecule has 2 bridgehead atoms. The van der Waals surface area contributed by atoms with Gasteiger partial charge in [0.05, 0.1) is 52.9 Å². The maximum Gasteiger partial charge on any atom is 0.145 e. The fraction of sp³-hybridized carbons (Fsp3) is 1.00. The van der Waals surface area contributed by atoms with Crippen LogP contribution in [0.15, 0.2) is 0 Å². The number of rotatable bonds is 0. The van der Waals surface area contributed by atoms with Crippen LogP contribution in [0.2, 0.25) is 0 Å². The Balaban J connectivity index is 2.00. The van der Waals surface area contributed by atoms with Gasteiger partial charge in [-0.3, -0.25) is 0 Å². The maximum atomic E-state index is 10.5. The normalized spacial score (nSPS) is 31.9. The number of ether oxygens (including phenoxy) is 4. The third-order valence-electron chi connectivity index (χ3n) is 3.87. The van der Waals surface area contributed by atoms with E-state index < -0.39 is 0 Å². The molecule has 0 atom stereocenters. The lowest BCUT2D eigenvalue weighted by Gasteiger charge is -2.25. The van der Waals surface area contributed by atoms with E-state index in [4.69, 9.17) is 18.9 Å². The lowest BCUT2D eigenvalue weighted by Crippen LogP contribution is -2.35. The largest absolute Gasteiger partial charge is 0.506 e. The average molecular weight is 286 g/mol. The molecule has 0 radical (unpaired) electrons. The van der Waals surface area contributed by atoms with Gasteiger partial charge in [0.1, 0.15) is 12.1 Å². The van der Waals surface area contributed by atoms with Gasteiger partial charge in [0.25, 0.3) is 0 Å². The monoisotopic (exact) mass is 286 g/mol. The smallest absolute Gasteiger partial charge is 0.145 e. The summed E-state index contributed by atoms with van der Waals surface area (Å²) in [4.78, 5) is 0. The van der Waals surface area contributed by atoms with Gasteiger partial charge in [0.2, 0.25) is 0 Å². The molecule has 2 rings (SSSR count). The fourth-order valence-electron chi connectivity index (χ4n) is 2.64. The molecule has 0 aromatic carbocycles. The van der Waals surface area contributed by atoms with E-state index in [1.165, 1.54) is 4.70 Å². The number of fused-ring (bicyclic) bond motifs is 2. The molecule has 2 aliphatic rings. The third kappa shape index (κ3) is 5.44. The van der Waals surface area contributed by atoms with Crippen LogP contribution in [0, 0.1) is 0 Å². The van der Waals surface area contributed by atoms with Gasteiger partial charge in [-0.25, -0.2) is 0 Å². The summed E-state index contributed by atoms with van der Waals surface area (Å²) in [6.07, 6.45) is 3.27. The summed E-state index contributed by atoms with van der Waals surface area (Å²) in [5.74, 6) is 0. The highest BCUT2D eigenvalue weighted by Gasteiger charge is 2.25. The van der Waals surface area contributed by atoms with E-state index in [0.29, 0.717) is 52.9 Å². The van der Waals surface area contributed by atoms with Crippen molar-refractivity contribution in [3.05, 3.63) is 5.53 Å². The molecule has 2 heterocycles. The first-order valence-corrected chi connectivity index (χ1v) is 7.66. The summed E-state index contributed by atoms with van der Waals surface area (Å²) >= 11 is 0. The summed E-state index contributed by atoms with van der Waals surface area (Å²) in [6.45, 7) is 5.10. The second-order valence-electron chi connectivity index (χ2n) is 5.29. The molecule has 6 nitrogen and oxygen atoms in total. The van der Waals surface area contributed by atoms with Crippen molar-refractivity contribution in [3.63, 3.8) is 0 Å². The van der Waals surface area contributed by atoms with Gasteiger partial charge < -0.3 is 29.2 Å². The number of hydrogen-bond donors (Lipinski definition) is 0. The molecule has 0 aromatic rings. The molecule has 2 aliphatic heterocycles. The molecule has 116 valence electrons. The van der Waals surface area contributed by atoms with E-state index in [0.717, 1.165) is 25.7 Å². The fourth-order valence-corrected chi connectivity index (χ4v) is 2.64.